The number of aromatic nitrogens is 4. The first kappa shape index (κ1) is 26.6. The van der Waals surface area contributed by atoms with E-state index in [1.807, 2.05) is 0 Å². The minimum Gasteiger partial charge on any atom is -0.494 e. The number of benzene rings is 1. The van der Waals surface area contributed by atoms with Crippen LogP contribution in [0.1, 0.15) is 19.8 Å². The number of hydrogen-bond donors (Lipinski definition) is 2. The smallest absolute Gasteiger partial charge is 0.243 e. The average Bonchev–Trinajstić information content (AvgIpc) is 3.34. The van der Waals surface area contributed by atoms with Crippen molar-refractivity contribution in [3.05, 3.63) is 36.4 Å². The molecule has 0 spiro atoms. The highest BCUT2D eigenvalue weighted by Gasteiger charge is 2.36. The molecule has 1 aliphatic heterocycles. The summed E-state index contributed by atoms with van der Waals surface area (Å²) in [5.74, 6) is 1.03. The Balaban J connectivity index is 1.81. The van der Waals surface area contributed by atoms with E-state index >= 15 is 0 Å². The van der Waals surface area contributed by atoms with Gasteiger partial charge in [0.15, 0.2) is 5.82 Å². The summed E-state index contributed by atoms with van der Waals surface area (Å²) in [4.78, 5) is 4.44. The zero-order chi connectivity index (χ0) is 26.6. The Bertz CT molecular complexity index is 1300. The van der Waals surface area contributed by atoms with Gasteiger partial charge in [0.2, 0.25) is 21.9 Å². The Morgan fingerprint density at radius 1 is 1.03 bits per heavy atom. The Kier molecular flexibility index (Phi) is 8.15. The molecule has 4 rings (SSSR count). The Labute approximate surface area is 215 Å². The molecular formula is C24H31N5O7S. The second kappa shape index (κ2) is 11.3. The number of nitrogens with zero attached hydrogens (tertiary/aromatic N) is 4. The van der Waals surface area contributed by atoms with Gasteiger partial charge in [-0.1, -0.05) is 12.1 Å². The van der Waals surface area contributed by atoms with E-state index in [4.69, 9.17) is 18.9 Å². The average molecular weight is 534 g/mol. The number of anilines is 1. The van der Waals surface area contributed by atoms with Crippen LogP contribution in [0.25, 0.3) is 17.2 Å². The summed E-state index contributed by atoms with van der Waals surface area (Å²) in [5.41, 5.74) is 0.744. The molecule has 0 unspecified atom stereocenters. The Morgan fingerprint density at radius 3 is 2.30 bits per heavy atom. The first-order valence-corrected chi connectivity index (χ1v) is 13.3. The Morgan fingerprint density at radius 2 is 1.68 bits per heavy atom. The van der Waals surface area contributed by atoms with E-state index < -0.39 is 21.4 Å². The quantitative estimate of drug-likeness (QED) is 0.398. The number of hydrogen-bond acceptors (Lipinski definition) is 10. The highest BCUT2D eigenvalue weighted by molar-refractivity contribution is 7.93. The van der Waals surface area contributed by atoms with Gasteiger partial charge >= 0.3 is 0 Å². The van der Waals surface area contributed by atoms with Gasteiger partial charge in [0, 0.05) is 19.3 Å². The number of sulfonamides is 1. The molecule has 2 aromatic heterocycles. The van der Waals surface area contributed by atoms with Crippen molar-refractivity contribution >= 4 is 16.0 Å². The molecule has 2 atom stereocenters. The van der Waals surface area contributed by atoms with Crippen molar-refractivity contribution in [3.63, 3.8) is 0 Å². The molecule has 1 fully saturated rings. The molecule has 0 bridgehead atoms. The van der Waals surface area contributed by atoms with Crippen molar-refractivity contribution in [2.45, 2.75) is 31.1 Å². The van der Waals surface area contributed by atoms with Crippen LogP contribution in [-0.4, -0.2) is 79.2 Å². The molecule has 12 nitrogen and oxygen atoms in total. The highest BCUT2D eigenvalue weighted by Crippen LogP contribution is 2.38. The second-order valence-electron chi connectivity index (χ2n) is 8.55. The molecule has 13 heteroatoms. The molecule has 2 N–H and O–H groups in total. The van der Waals surface area contributed by atoms with Gasteiger partial charge in [0.1, 0.15) is 28.1 Å². The molecule has 1 saturated heterocycles. The van der Waals surface area contributed by atoms with E-state index in [1.54, 1.807) is 36.4 Å². The third-order valence-corrected chi connectivity index (χ3v) is 8.13. The largest absolute Gasteiger partial charge is 0.494 e. The number of para-hydroxylation sites is 1. The molecule has 0 amide bonds. The van der Waals surface area contributed by atoms with Crippen molar-refractivity contribution in [2.75, 3.05) is 39.3 Å². The van der Waals surface area contributed by atoms with Crippen molar-refractivity contribution in [3.8, 4) is 34.6 Å². The van der Waals surface area contributed by atoms with Crippen LogP contribution in [0.3, 0.4) is 0 Å². The van der Waals surface area contributed by atoms with Crippen LogP contribution in [0, 0.1) is 5.92 Å². The maximum atomic E-state index is 13.4. The van der Waals surface area contributed by atoms with Crippen molar-refractivity contribution in [1.82, 2.24) is 19.7 Å². The Hall–Kier alpha value is -3.42. The van der Waals surface area contributed by atoms with Gasteiger partial charge in [-0.05, 0) is 43.9 Å². The summed E-state index contributed by atoms with van der Waals surface area (Å²) in [6.45, 7) is 2.44. The fraction of sp³-hybridized carbons (Fsp3) is 0.458. The standard InChI is InChI=1S/C24H31N5O7S/c1-15(22(30)16-11-13-36-14-12-16)37(31,32)28-24-27-26-23(17-7-5-10-20(25-17)35-4)29(24)21-18(33-2)8-6-9-19(21)34-3/h5-10,15-16,22,30H,11-14H2,1-4H3,(H,27,28)/t15-,22-/m0/s1. The van der Waals surface area contributed by atoms with Crippen LogP contribution >= 0.6 is 0 Å². The first-order valence-electron chi connectivity index (χ1n) is 11.8. The minimum absolute atomic E-state index is 0.117. The maximum Gasteiger partial charge on any atom is 0.243 e. The molecule has 3 aromatic rings. The van der Waals surface area contributed by atoms with Crippen molar-refractivity contribution < 1.29 is 32.5 Å². The van der Waals surface area contributed by atoms with E-state index in [-0.39, 0.29) is 17.7 Å². The number of aliphatic hydroxyl groups is 1. The fourth-order valence-corrected chi connectivity index (χ4v) is 5.44. The fourth-order valence-electron chi connectivity index (χ4n) is 4.28. The monoisotopic (exact) mass is 533 g/mol. The molecule has 1 aliphatic rings. The topological polar surface area (TPSA) is 147 Å². The number of ether oxygens (including phenoxy) is 4. The summed E-state index contributed by atoms with van der Waals surface area (Å²) < 4.78 is 52.6. The summed E-state index contributed by atoms with van der Waals surface area (Å²) >= 11 is 0. The summed E-state index contributed by atoms with van der Waals surface area (Å²) in [5, 5.41) is 18.1. The summed E-state index contributed by atoms with van der Waals surface area (Å²) in [7, 11) is 0.363. The van der Waals surface area contributed by atoms with Gasteiger partial charge in [-0.15, -0.1) is 10.2 Å². The lowest BCUT2D eigenvalue weighted by atomic mass is 9.92. The van der Waals surface area contributed by atoms with Gasteiger partial charge in [-0.3, -0.25) is 9.29 Å². The first-order chi connectivity index (χ1) is 17.8. The molecule has 3 heterocycles. The molecule has 0 saturated carbocycles. The van der Waals surface area contributed by atoms with Gasteiger partial charge in [0.05, 0.1) is 27.4 Å². The van der Waals surface area contributed by atoms with E-state index in [2.05, 4.69) is 19.9 Å². The van der Waals surface area contributed by atoms with E-state index in [0.717, 1.165) is 0 Å². The maximum absolute atomic E-state index is 13.4. The zero-order valence-corrected chi connectivity index (χ0v) is 21.9. The lowest BCUT2D eigenvalue weighted by Crippen LogP contribution is -2.42. The van der Waals surface area contributed by atoms with Crippen LogP contribution in [0.15, 0.2) is 36.4 Å². The highest BCUT2D eigenvalue weighted by atomic mass is 32.2. The molecule has 0 radical (unpaired) electrons. The third kappa shape index (κ3) is 5.48. The van der Waals surface area contributed by atoms with Gasteiger partial charge < -0.3 is 24.1 Å². The molecule has 1 aromatic carbocycles. The number of rotatable bonds is 10. The third-order valence-electron chi connectivity index (χ3n) is 6.40. The normalized spacial score (nSPS) is 16.1. The summed E-state index contributed by atoms with van der Waals surface area (Å²) in [6, 6.07) is 10.3. The predicted molar refractivity (Wildman–Crippen MR) is 136 cm³/mol. The van der Waals surface area contributed by atoms with Crippen LogP contribution < -0.4 is 18.9 Å². The van der Waals surface area contributed by atoms with Crippen molar-refractivity contribution in [2.24, 2.45) is 5.92 Å². The number of pyridine rings is 1. The molecule has 200 valence electrons. The lowest BCUT2D eigenvalue weighted by Gasteiger charge is -2.30. The zero-order valence-electron chi connectivity index (χ0n) is 21.1. The van der Waals surface area contributed by atoms with Crippen LogP contribution in [0.5, 0.6) is 17.4 Å². The van der Waals surface area contributed by atoms with Crippen molar-refractivity contribution in [1.29, 1.82) is 0 Å². The molecule has 37 heavy (non-hydrogen) atoms. The SMILES string of the molecule is COc1cccc(-c2nnc(NS(=O)(=O)[C@@H](C)[C@H](O)C3CCOCC3)n2-c2c(OC)cccc2OC)n1. The molecule has 0 aliphatic carbocycles. The van der Waals surface area contributed by atoms with Crippen LogP contribution in [0.4, 0.5) is 5.95 Å². The summed E-state index contributed by atoms with van der Waals surface area (Å²) in [6.07, 6.45) is 0.0841. The van der Waals surface area contributed by atoms with E-state index in [0.29, 0.717) is 54.8 Å². The van der Waals surface area contributed by atoms with Gasteiger partial charge in [-0.2, -0.15) is 0 Å². The van der Waals surface area contributed by atoms with Gasteiger partial charge in [-0.25, -0.2) is 13.4 Å². The number of nitrogens with one attached hydrogen (secondary N) is 1. The van der Waals surface area contributed by atoms with Crippen LogP contribution in [-0.2, 0) is 14.8 Å². The van der Waals surface area contributed by atoms with E-state index in [9.17, 15) is 13.5 Å². The number of methoxy groups -OCH3 is 3. The lowest BCUT2D eigenvalue weighted by molar-refractivity contribution is 0.00820. The predicted octanol–water partition coefficient (Wildman–Crippen LogP) is 2.27. The number of aliphatic hydroxyl groups excluding tert-OH is 1. The van der Waals surface area contributed by atoms with E-state index in [1.165, 1.54) is 32.8 Å². The van der Waals surface area contributed by atoms with Crippen LogP contribution in [0.2, 0.25) is 0 Å². The van der Waals surface area contributed by atoms with Gasteiger partial charge in [0.25, 0.3) is 0 Å². The minimum atomic E-state index is -4.10. The second-order valence-corrected chi connectivity index (χ2v) is 10.6. The molecular weight excluding hydrogens is 502 g/mol.